The van der Waals surface area contributed by atoms with Crippen LogP contribution in [0.5, 0.6) is 0 Å². The number of hydrogen-bond donors (Lipinski definition) is 4. The number of carbonyl (C=O) groups excluding carboxylic acids is 2. The molecule has 1 heterocycles. The lowest BCUT2D eigenvalue weighted by atomic mass is 9.99. The van der Waals surface area contributed by atoms with Crippen molar-refractivity contribution in [2.45, 2.75) is 185 Å². The van der Waals surface area contributed by atoms with Crippen LogP contribution in [0.25, 0.3) is 0 Å². The molecule has 6 atom stereocenters. The number of allylic oxidation sites excluding steroid dienone is 10. The van der Waals surface area contributed by atoms with E-state index in [0.717, 1.165) is 51.4 Å². The minimum absolute atomic E-state index is 0.150. The van der Waals surface area contributed by atoms with E-state index in [1.165, 1.54) is 57.8 Å². The number of aliphatic hydroxyl groups excluding tert-OH is 4. The minimum atomic E-state index is -1.61. The van der Waals surface area contributed by atoms with Gasteiger partial charge in [-0.2, -0.15) is 0 Å². The van der Waals surface area contributed by atoms with E-state index in [2.05, 4.69) is 68.5 Å². The first-order valence-electron chi connectivity index (χ1n) is 20.9. The lowest BCUT2D eigenvalue weighted by molar-refractivity contribution is -0.305. The Hall–Kier alpha value is -2.60. The fourth-order valence-electron chi connectivity index (χ4n) is 5.87. The average Bonchev–Trinajstić information content (AvgIpc) is 3.17. The largest absolute Gasteiger partial charge is 0.462 e. The topological polar surface area (TPSA) is 152 Å². The lowest BCUT2D eigenvalue weighted by Gasteiger charge is -2.39. The molecule has 0 saturated carbocycles. The van der Waals surface area contributed by atoms with Crippen LogP contribution in [0.1, 0.15) is 149 Å². The Morgan fingerprint density at radius 1 is 0.593 bits per heavy atom. The Morgan fingerprint density at radius 3 is 1.63 bits per heavy atom. The van der Waals surface area contributed by atoms with E-state index in [1.807, 2.05) is 6.08 Å². The van der Waals surface area contributed by atoms with Gasteiger partial charge in [0.05, 0.1) is 13.2 Å². The summed E-state index contributed by atoms with van der Waals surface area (Å²) >= 11 is 0. The highest BCUT2D eigenvalue weighted by molar-refractivity contribution is 5.70. The fraction of sp³-hybridized carbons (Fsp3) is 0.727. The van der Waals surface area contributed by atoms with Gasteiger partial charge in [0.2, 0.25) is 0 Å². The summed E-state index contributed by atoms with van der Waals surface area (Å²) in [6.07, 6.45) is 33.8. The third-order valence-corrected chi connectivity index (χ3v) is 9.17. The highest BCUT2D eigenvalue weighted by atomic mass is 16.7. The summed E-state index contributed by atoms with van der Waals surface area (Å²) in [4.78, 5) is 25.2. The van der Waals surface area contributed by atoms with Crippen LogP contribution in [0, 0.1) is 0 Å². The standard InChI is InChI=1S/C44H74O10/c1-3-5-7-9-11-13-15-17-18-19-20-21-23-25-27-29-31-33-40(47)53-37(36-52-44-43(50)42(49)41(48)38(34-45)54-44)35-51-39(46)32-30-28-26-24-22-16-14-12-10-8-6-4-2/h5,7,11,13,17-18,20-21,25,27,37-38,41-45,48-50H,3-4,6,8-10,12,14-16,19,22-24,26,28-36H2,1-2H3/b7-5+,13-11+,18-17+,21-20+,27-25+/t37-,38-,41+,42?,43?,44-/m1/s1. The zero-order valence-corrected chi connectivity index (χ0v) is 33.4. The van der Waals surface area contributed by atoms with Gasteiger partial charge < -0.3 is 39.4 Å². The van der Waals surface area contributed by atoms with Crippen molar-refractivity contribution in [1.82, 2.24) is 0 Å². The van der Waals surface area contributed by atoms with E-state index >= 15 is 0 Å². The summed E-state index contributed by atoms with van der Waals surface area (Å²) in [6, 6.07) is 0. The molecular formula is C44H74O10. The van der Waals surface area contributed by atoms with Crippen LogP contribution in [0.15, 0.2) is 60.8 Å². The second-order valence-corrected chi connectivity index (χ2v) is 14.1. The summed E-state index contributed by atoms with van der Waals surface area (Å²) in [5.41, 5.74) is 0. The molecule has 0 aromatic rings. The molecule has 0 spiro atoms. The molecule has 0 aliphatic carbocycles. The van der Waals surface area contributed by atoms with Gasteiger partial charge in [-0.3, -0.25) is 9.59 Å². The van der Waals surface area contributed by atoms with Gasteiger partial charge >= 0.3 is 11.9 Å². The van der Waals surface area contributed by atoms with Crippen molar-refractivity contribution in [3.8, 4) is 0 Å². The maximum absolute atomic E-state index is 12.7. The number of rotatable bonds is 33. The van der Waals surface area contributed by atoms with Crippen LogP contribution in [-0.4, -0.2) is 89.0 Å². The highest BCUT2D eigenvalue weighted by Crippen LogP contribution is 2.22. The van der Waals surface area contributed by atoms with Gasteiger partial charge in [-0.05, 0) is 51.4 Å². The Morgan fingerprint density at radius 2 is 1.09 bits per heavy atom. The third kappa shape index (κ3) is 26.2. The van der Waals surface area contributed by atoms with Crippen molar-refractivity contribution >= 4 is 11.9 Å². The van der Waals surface area contributed by atoms with Gasteiger partial charge in [-0.15, -0.1) is 0 Å². The lowest BCUT2D eigenvalue weighted by Crippen LogP contribution is -2.59. The van der Waals surface area contributed by atoms with Crippen molar-refractivity contribution in [3.63, 3.8) is 0 Å². The van der Waals surface area contributed by atoms with Crippen molar-refractivity contribution in [1.29, 1.82) is 0 Å². The molecule has 1 rings (SSSR count). The van der Waals surface area contributed by atoms with Gasteiger partial charge in [0, 0.05) is 12.8 Å². The third-order valence-electron chi connectivity index (χ3n) is 9.17. The summed E-state index contributed by atoms with van der Waals surface area (Å²) in [5.74, 6) is -0.879. The zero-order chi connectivity index (χ0) is 39.5. The molecule has 10 nitrogen and oxygen atoms in total. The normalized spacial score (nSPS) is 21.3. The molecule has 4 N–H and O–H groups in total. The van der Waals surface area contributed by atoms with Gasteiger partial charge in [0.1, 0.15) is 31.0 Å². The summed E-state index contributed by atoms with van der Waals surface area (Å²) in [7, 11) is 0. The second-order valence-electron chi connectivity index (χ2n) is 14.1. The molecule has 0 amide bonds. The summed E-state index contributed by atoms with van der Waals surface area (Å²) < 4.78 is 22.0. The van der Waals surface area contributed by atoms with Crippen LogP contribution >= 0.6 is 0 Å². The Labute approximate surface area is 326 Å². The minimum Gasteiger partial charge on any atom is -0.462 e. The number of aliphatic hydroxyl groups is 4. The first-order valence-corrected chi connectivity index (χ1v) is 20.9. The second kappa shape index (κ2) is 34.9. The van der Waals surface area contributed by atoms with Crippen molar-refractivity contribution in [2.24, 2.45) is 0 Å². The van der Waals surface area contributed by atoms with Gasteiger partial charge in [0.25, 0.3) is 0 Å². The monoisotopic (exact) mass is 763 g/mol. The predicted octanol–water partition coefficient (Wildman–Crippen LogP) is 8.27. The van der Waals surface area contributed by atoms with Crippen molar-refractivity contribution in [2.75, 3.05) is 19.8 Å². The van der Waals surface area contributed by atoms with E-state index in [0.29, 0.717) is 12.8 Å². The molecule has 0 aromatic heterocycles. The highest BCUT2D eigenvalue weighted by Gasteiger charge is 2.44. The molecule has 0 radical (unpaired) electrons. The molecule has 0 aromatic carbocycles. The first kappa shape index (κ1) is 49.4. The molecule has 54 heavy (non-hydrogen) atoms. The van der Waals surface area contributed by atoms with E-state index in [1.54, 1.807) is 0 Å². The van der Waals surface area contributed by atoms with Crippen LogP contribution in [0.2, 0.25) is 0 Å². The zero-order valence-electron chi connectivity index (χ0n) is 33.4. The van der Waals surface area contributed by atoms with E-state index in [4.69, 9.17) is 18.9 Å². The van der Waals surface area contributed by atoms with E-state index in [-0.39, 0.29) is 26.1 Å². The number of unbranched alkanes of at least 4 members (excludes halogenated alkanes) is 12. The Balaban J connectivity index is 2.42. The predicted molar refractivity (Wildman–Crippen MR) is 215 cm³/mol. The molecule has 2 unspecified atom stereocenters. The summed E-state index contributed by atoms with van der Waals surface area (Å²) in [5, 5.41) is 40.0. The molecule has 1 fully saturated rings. The fourth-order valence-corrected chi connectivity index (χ4v) is 5.87. The maximum Gasteiger partial charge on any atom is 0.306 e. The molecule has 0 bridgehead atoms. The van der Waals surface area contributed by atoms with Crippen molar-refractivity contribution in [3.05, 3.63) is 60.8 Å². The van der Waals surface area contributed by atoms with Crippen molar-refractivity contribution < 1.29 is 49.0 Å². The quantitative estimate of drug-likeness (QED) is 0.0292. The maximum atomic E-state index is 12.7. The number of hydrogen-bond acceptors (Lipinski definition) is 10. The molecule has 1 aliphatic heterocycles. The van der Waals surface area contributed by atoms with Gasteiger partial charge in [-0.1, -0.05) is 145 Å². The Bertz CT molecular complexity index is 1070. The van der Waals surface area contributed by atoms with Crippen LogP contribution < -0.4 is 0 Å². The smallest absolute Gasteiger partial charge is 0.306 e. The summed E-state index contributed by atoms with van der Waals surface area (Å²) in [6.45, 7) is 3.23. The molecule has 1 saturated heterocycles. The van der Waals surface area contributed by atoms with Crippen LogP contribution in [0.3, 0.4) is 0 Å². The molecule has 310 valence electrons. The Kier molecular flexibility index (Phi) is 31.9. The first-order chi connectivity index (χ1) is 26.3. The molecular weight excluding hydrogens is 688 g/mol. The number of ether oxygens (including phenoxy) is 4. The average molecular weight is 763 g/mol. The van der Waals surface area contributed by atoms with E-state index in [9.17, 15) is 30.0 Å². The SMILES string of the molecule is CC/C=C/C/C=C/C/C=C/C/C=C/C/C=C/CCCC(=O)O[C@H](COC(=O)CCCCCCCCCCCCCC)CO[C@@H]1O[C@H](CO)[C@H](O)C(O)C1O. The number of carbonyl (C=O) groups is 2. The van der Waals surface area contributed by atoms with Gasteiger partial charge in [0.15, 0.2) is 12.4 Å². The molecule has 1 aliphatic rings. The van der Waals surface area contributed by atoms with Crippen LogP contribution in [0.4, 0.5) is 0 Å². The van der Waals surface area contributed by atoms with Gasteiger partial charge in [-0.25, -0.2) is 0 Å². The van der Waals surface area contributed by atoms with Crippen LogP contribution in [-0.2, 0) is 28.5 Å². The number of esters is 2. The molecule has 10 heteroatoms. The van der Waals surface area contributed by atoms with E-state index < -0.39 is 55.4 Å².